The van der Waals surface area contributed by atoms with Crippen LogP contribution in [0.25, 0.3) is 11.3 Å². The molecule has 1 aliphatic heterocycles. The highest BCUT2D eigenvalue weighted by Gasteiger charge is 2.27. The Labute approximate surface area is 147 Å². The lowest BCUT2D eigenvalue weighted by atomic mass is 10.0. The molecule has 1 N–H and O–H groups in total. The van der Waals surface area contributed by atoms with E-state index in [-0.39, 0.29) is 12.0 Å². The van der Waals surface area contributed by atoms with Crippen molar-refractivity contribution in [2.75, 3.05) is 6.54 Å². The van der Waals surface area contributed by atoms with E-state index in [9.17, 15) is 4.79 Å². The Bertz CT molecular complexity index is 827. The highest BCUT2D eigenvalue weighted by atomic mass is 16.5. The largest absolute Gasteiger partial charge is 0.487 e. The van der Waals surface area contributed by atoms with E-state index in [0.29, 0.717) is 6.54 Å². The Hall–Kier alpha value is -2.62. The average molecular weight is 334 g/mol. The molecule has 1 atom stereocenters. The number of ether oxygens (including phenoxy) is 1. The number of aromatic nitrogens is 1. The van der Waals surface area contributed by atoms with Crippen LogP contribution in [0.5, 0.6) is 5.75 Å². The van der Waals surface area contributed by atoms with Crippen LogP contribution in [0.3, 0.4) is 0 Å². The van der Waals surface area contributed by atoms with E-state index in [1.165, 1.54) is 11.1 Å². The third-order valence-electron chi connectivity index (χ3n) is 4.81. The number of carbonyl (C=O) groups excluding carboxylic acids is 1. The number of fused-ring (bicyclic) bond motifs is 1. The predicted octanol–water partition coefficient (Wildman–Crippen LogP) is 3.59. The predicted molar refractivity (Wildman–Crippen MR) is 97.5 cm³/mol. The molecule has 1 aliphatic carbocycles. The van der Waals surface area contributed by atoms with Gasteiger partial charge in [-0.25, -0.2) is 0 Å². The minimum atomic E-state index is -0.0229. The monoisotopic (exact) mass is 334 g/mol. The normalized spacial score (nSPS) is 18.4. The second kappa shape index (κ2) is 6.71. The number of hydrogen-bond acceptors (Lipinski definition) is 3. The maximum atomic E-state index is 12.2. The number of benzene rings is 1. The van der Waals surface area contributed by atoms with Gasteiger partial charge < -0.3 is 10.1 Å². The topological polar surface area (TPSA) is 51.2 Å². The molecular formula is C21H22N2O2. The van der Waals surface area contributed by atoms with Crippen LogP contribution in [0.4, 0.5) is 0 Å². The number of amides is 1. The lowest BCUT2D eigenvalue weighted by molar-refractivity contribution is -0.117. The number of aryl methyl sites for hydroxylation is 1. The molecule has 2 aromatic rings. The van der Waals surface area contributed by atoms with Crippen molar-refractivity contribution in [1.29, 1.82) is 0 Å². The summed E-state index contributed by atoms with van der Waals surface area (Å²) in [7, 11) is 0. The molecule has 1 aromatic heterocycles. The van der Waals surface area contributed by atoms with Gasteiger partial charge in [0.05, 0.1) is 12.2 Å². The van der Waals surface area contributed by atoms with Crippen molar-refractivity contribution in [2.24, 2.45) is 0 Å². The van der Waals surface area contributed by atoms with Gasteiger partial charge in [-0.2, -0.15) is 0 Å². The first-order valence-corrected chi connectivity index (χ1v) is 8.89. The van der Waals surface area contributed by atoms with E-state index >= 15 is 0 Å². The summed E-state index contributed by atoms with van der Waals surface area (Å²) in [6.45, 7) is 2.62. The van der Waals surface area contributed by atoms with E-state index in [1.807, 2.05) is 24.3 Å². The summed E-state index contributed by atoms with van der Waals surface area (Å²) >= 11 is 0. The summed E-state index contributed by atoms with van der Waals surface area (Å²) < 4.78 is 6.19. The van der Waals surface area contributed by atoms with Gasteiger partial charge in [0.25, 0.3) is 0 Å². The standard InChI is InChI=1S/C21H22N2O2/c1-14-10-16-12-17(13-23-21(24)15-6-2-3-7-15)25-20(16)18(11-14)19-8-4-5-9-22-19/h4-6,8-11,17H,2-3,7,12-13H2,1H3,(H,23,24)/t17-/m1/s1. The highest BCUT2D eigenvalue weighted by molar-refractivity contribution is 5.93. The van der Waals surface area contributed by atoms with E-state index in [1.54, 1.807) is 6.20 Å². The maximum Gasteiger partial charge on any atom is 0.247 e. The summed E-state index contributed by atoms with van der Waals surface area (Å²) in [5.41, 5.74) is 5.26. The summed E-state index contributed by atoms with van der Waals surface area (Å²) in [5.74, 6) is 0.960. The van der Waals surface area contributed by atoms with Crippen molar-refractivity contribution in [3.8, 4) is 17.0 Å². The molecule has 0 bridgehead atoms. The maximum absolute atomic E-state index is 12.2. The fourth-order valence-electron chi connectivity index (χ4n) is 3.62. The van der Waals surface area contributed by atoms with Crippen LogP contribution in [-0.4, -0.2) is 23.5 Å². The van der Waals surface area contributed by atoms with Gasteiger partial charge in [-0.3, -0.25) is 9.78 Å². The molecule has 1 amide bonds. The van der Waals surface area contributed by atoms with Crippen LogP contribution in [0.2, 0.25) is 0 Å². The number of allylic oxidation sites excluding steroid dienone is 1. The van der Waals surface area contributed by atoms with Crippen molar-refractivity contribution in [2.45, 2.75) is 38.7 Å². The van der Waals surface area contributed by atoms with E-state index in [4.69, 9.17) is 4.74 Å². The molecule has 0 radical (unpaired) electrons. The summed E-state index contributed by atoms with van der Waals surface area (Å²) in [6, 6.07) is 10.2. The quantitative estimate of drug-likeness (QED) is 0.930. The first-order chi connectivity index (χ1) is 12.2. The van der Waals surface area contributed by atoms with E-state index in [2.05, 4.69) is 29.4 Å². The lowest BCUT2D eigenvalue weighted by Crippen LogP contribution is -2.35. The van der Waals surface area contributed by atoms with Crippen molar-refractivity contribution in [3.63, 3.8) is 0 Å². The van der Waals surface area contributed by atoms with Gasteiger partial charge in [0.15, 0.2) is 0 Å². The third kappa shape index (κ3) is 3.29. The summed E-state index contributed by atoms with van der Waals surface area (Å²) in [6.07, 6.45) is 7.62. The molecule has 0 spiro atoms. The van der Waals surface area contributed by atoms with Crippen molar-refractivity contribution >= 4 is 5.91 Å². The minimum absolute atomic E-state index is 0.0229. The second-order valence-corrected chi connectivity index (χ2v) is 6.79. The Balaban J connectivity index is 1.49. The molecule has 2 heterocycles. The van der Waals surface area contributed by atoms with Gasteiger partial charge in [0, 0.05) is 23.8 Å². The Morgan fingerprint density at radius 1 is 1.36 bits per heavy atom. The molecule has 4 heteroatoms. The molecule has 0 fully saturated rings. The van der Waals surface area contributed by atoms with Crippen molar-refractivity contribution in [3.05, 3.63) is 59.3 Å². The lowest BCUT2D eigenvalue weighted by Gasteiger charge is -2.14. The van der Waals surface area contributed by atoms with Crippen LogP contribution < -0.4 is 10.1 Å². The Kier molecular flexibility index (Phi) is 4.26. The van der Waals surface area contributed by atoms with Gasteiger partial charge in [-0.05, 0) is 55.5 Å². The fourth-order valence-corrected chi connectivity index (χ4v) is 3.62. The van der Waals surface area contributed by atoms with E-state index < -0.39 is 0 Å². The molecule has 2 aliphatic rings. The number of hydrogen-bond donors (Lipinski definition) is 1. The van der Waals surface area contributed by atoms with Crippen LogP contribution in [-0.2, 0) is 11.2 Å². The fraction of sp³-hybridized carbons (Fsp3) is 0.333. The number of nitrogens with one attached hydrogen (secondary N) is 1. The van der Waals surface area contributed by atoms with Gasteiger partial charge in [0.2, 0.25) is 5.91 Å². The van der Waals surface area contributed by atoms with Crippen LogP contribution in [0.15, 0.2) is 48.2 Å². The van der Waals surface area contributed by atoms with Gasteiger partial charge in [-0.15, -0.1) is 0 Å². The van der Waals surface area contributed by atoms with Crippen molar-refractivity contribution in [1.82, 2.24) is 10.3 Å². The molecule has 128 valence electrons. The Morgan fingerprint density at radius 2 is 2.28 bits per heavy atom. The SMILES string of the molecule is Cc1cc2c(c(-c3ccccn3)c1)O[C@@H](CNC(=O)C1=CCCC1)C2. The third-order valence-corrected chi connectivity index (χ3v) is 4.81. The zero-order valence-corrected chi connectivity index (χ0v) is 14.4. The van der Waals surface area contributed by atoms with Crippen molar-refractivity contribution < 1.29 is 9.53 Å². The first kappa shape index (κ1) is 15.9. The van der Waals surface area contributed by atoms with E-state index in [0.717, 1.165) is 48.3 Å². The number of rotatable bonds is 4. The number of nitrogens with zero attached hydrogens (tertiary/aromatic N) is 1. The zero-order chi connectivity index (χ0) is 17.2. The molecule has 0 saturated heterocycles. The smallest absolute Gasteiger partial charge is 0.247 e. The average Bonchev–Trinajstić information content (AvgIpc) is 3.29. The van der Waals surface area contributed by atoms with Crippen LogP contribution in [0.1, 0.15) is 30.4 Å². The molecule has 4 rings (SSSR count). The van der Waals surface area contributed by atoms with Gasteiger partial charge in [-0.1, -0.05) is 18.2 Å². The Morgan fingerprint density at radius 3 is 3.04 bits per heavy atom. The second-order valence-electron chi connectivity index (χ2n) is 6.79. The first-order valence-electron chi connectivity index (χ1n) is 8.89. The van der Waals surface area contributed by atoms with Gasteiger partial charge >= 0.3 is 0 Å². The highest BCUT2D eigenvalue weighted by Crippen LogP contribution is 2.39. The minimum Gasteiger partial charge on any atom is -0.487 e. The summed E-state index contributed by atoms with van der Waals surface area (Å²) in [4.78, 5) is 16.6. The molecule has 0 unspecified atom stereocenters. The molecule has 25 heavy (non-hydrogen) atoms. The zero-order valence-electron chi connectivity index (χ0n) is 14.4. The van der Waals surface area contributed by atoms with Crippen LogP contribution >= 0.6 is 0 Å². The molecule has 1 aromatic carbocycles. The summed E-state index contributed by atoms with van der Waals surface area (Å²) in [5, 5.41) is 3.03. The number of carbonyl (C=O) groups is 1. The van der Waals surface area contributed by atoms with Gasteiger partial charge in [0.1, 0.15) is 11.9 Å². The van der Waals surface area contributed by atoms with Crippen LogP contribution in [0, 0.1) is 6.92 Å². The molecular weight excluding hydrogens is 312 g/mol. The number of pyridine rings is 1. The molecule has 4 nitrogen and oxygen atoms in total. The molecule has 0 saturated carbocycles.